The van der Waals surface area contributed by atoms with Crippen LogP contribution in [0.3, 0.4) is 0 Å². The zero-order valence-electron chi connectivity index (χ0n) is 13.1. The molecule has 0 unspecified atom stereocenters. The van der Waals surface area contributed by atoms with Gasteiger partial charge in [-0.05, 0) is 61.8 Å². The van der Waals surface area contributed by atoms with Crippen LogP contribution in [0.4, 0.5) is 0 Å². The molecule has 2 N–H and O–H groups in total. The molecule has 0 bridgehead atoms. The van der Waals surface area contributed by atoms with E-state index in [1.165, 1.54) is 61.0 Å². The molecule has 0 heterocycles. The second kappa shape index (κ2) is 7.02. The molecule has 1 aromatic rings. The van der Waals surface area contributed by atoms with Crippen molar-refractivity contribution in [2.24, 2.45) is 11.7 Å². The predicted octanol–water partition coefficient (Wildman–Crippen LogP) is 5.55. The van der Waals surface area contributed by atoms with Gasteiger partial charge in [-0.15, -0.1) is 11.8 Å². The quantitative estimate of drug-likeness (QED) is 0.771. The highest BCUT2D eigenvalue weighted by molar-refractivity contribution is 8.00. The summed E-state index contributed by atoms with van der Waals surface area (Å²) in [5.41, 5.74) is 8.74. The van der Waals surface area contributed by atoms with E-state index in [1.54, 1.807) is 0 Å². The number of hydrogen-bond acceptors (Lipinski definition) is 2. The first-order chi connectivity index (χ1) is 10.2. The molecule has 3 rings (SSSR count). The largest absolute Gasteiger partial charge is 0.324 e. The molecule has 2 aliphatic rings. The first-order valence-corrected chi connectivity index (χ1v) is 9.35. The molecule has 114 valence electrons. The van der Waals surface area contributed by atoms with E-state index in [1.807, 2.05) is 0 Å². The number of rotatable bonds is 5. The molecule has 0 radical (unpaired) electrons. The van der Waals surface area contributed by atoms with Crippen LogP contribution in [0.1, 0.15) is 69.0 Å². The van der Waals surface area contributed by atoms with Crippen molar-refractivity contribution in [1.29, 1.82) is 0 Å². The Kier molecular flexibility index (Phi) is 5.07. The molecule has 2 heteroatoms. The van der Waals surface area contributed by atoms with Gasteiger partial charge in [0.1, 0.15) is 0 Å². The summed E-state index contributed by atoms with van der Waals surface area (Å²) in [6.45, 7) is 2.08. The highest BCUT2D eigenvalue weighted by Crippen LogP contribution is 2.36. The molecule has 0 amide bonds. The topological polar surface area (TPSA) is 26.0 Å². The van der Waals surface area contributed by atoms with Crippen molar-refractivity contribution in [1.82, 2.24) is 0 Å². The van der Waals surface area contributed by atoms with Gasteiger partial charge in [0.05, 0.1) is 0 Å². The molecule has 0 saturated heterocycles. The standard InChI is InChI=1S/C19H27NS/c1-14(20)19-12-11-18(21-17-5-3-2-4-6-17)13-16(19)10-9-15-7-8-15/h9-15,17H,2-8,20H2,1H3/b10-9+/t14-/m0/s1. The highest BCUT2D eigenvalue weighted by atomic mass is 32.2. The van der Waals surface area contributed by atoms with Gasteiger partial charge in [-0.1, -0.05) is 37.5 Å². The summed E-state index contributed by atoms with van der Waals surface area (Å²) in [6.07, 6.45) is 14.4. The maximum atomic E-state index is 6.13. The van der Waals surface area contributed by atoms with E-state index in [0.717, 1.165) is 11.2 Å². The lowest BCUT2D eigenvalue weighted by Gasteiger charge is -2.21. The molecule has 2 aliphatic carbocycles. The molecule has 2 saturated carbocycles. The average molecular weight is 301 g/mol. The smallest absolute Gasteiger partial charge is 0.0272 e. The van der Waals surface area contributed by atoms with Gasteiger partial charge >= 0.3 is 0 Å². The van der Waals surface area contributed by atoms with E-state index in [4.69, 9.17) is 5.73 Å². The number of allylic oxidation sites excluding steroid dienone is 1. The Labute approximate surface area is 133 Å². The van der Waals surface area contributed by atoms with E-state index >= 15 is 0 Å². The Morgan fingerprint density at radius 3 is 2.57 bits per heavy atom. The average Bonchev–Trinajstić information content (AvgIpc) is 3.30. The van der Waals surface area contributed by atoms with Crippen LogP contribution in [-0.2, 0) is 0 Å². The summed E-state index contributed by atoms with van der Waals surface area (Å²) in [5, 5.41) is 0.820. The molecule has 0 spiro atoms. The minimum absolute atomic E-state index is 0.109. The lowest BCUT2D eigenvalue weighted by molar-refractivity contribution is 0.516. The van der Waals surface area contributed by atoms with E-state index in [9.17, 15) is 0 Å². The Balaban J connectivity index is 1.75. The molecule has 0 aliphatic heterocycles. The first-order valence-electron chi connectivity index (χ1n) is 8.47. The van der Waals surface area contributed by atoms with Gasteiger partial charge in [0.25, 0.3) is 0 Å². The van der Waals surface area contributed by atoms with Gasteiger partial charge in [-0.3, -0.25) is 0 Å². The predicted molar refractivity (Wildman–Crippen MR) is 93.5 cm³/mol. The van der Waals surface area contributed by atoms with Crippen LogP contribution in [0.2, 0.25) is 0 Å². The lowest BCUT2D eigenvalue weighted by atomic mass is 10.0. The lowest BCUT2D eigenvalue weighted by Crippen LogP contribution is -2.09. The minimum atomic E-state index is 0.109. The summed E-state index contributed by atoms with van der Waals surface area (Å²) in [7, 11) is 0. The molecule has 1 nitrogen and oxygen atoms in total. The highest BCUT2D eigenvalue weighted by Gasteiger charge is 2.18. The Bertz CT molecular complexity index is 496. The van der Waals surface area contributed by atoms with E-state index < -0.39 is 0 Å². The first kappa shape index (κ1) is 15.2. The monoisotopic (exact) mass is 301 g/mol. The molecular weight excluding hydrogens is 274 g/mol. The fraction of sp³-hybridized carbons (Fsp3) is 0.579. The van der Waals surface area contributed by atoms with Crippen molar-refractivity contribution in [3.05, 3.63) is 35.4 Å². The summed E-state index contributed by atoms with van der Waals surface area (Å²) < 4.78 is 0. The van der Waals surface area contributed by atoms with Crippen LogP contribution >= 0.6 is 11.8 Å². The van der Waals surface area contributed by atoms with Gasteiger partial charge in [0.2, 0.25) is 0 Å². The SMILES string of the molecule is C[C@H](N)c1ccc(SC2CCCCC2)cc1/C=C/C1CC1. The molecule has 1 aromatic carbocycles. The summed E-state index contributed by atoms with van der Waals surface area (Å²) in [6, 6.07) is 6.98. The van der Waals surface area contributed by atoms with Crippen molar-refractivity contribution in [3.8, 4) is 0 Å². The summed E-state index contributed by atoms with van der Waals surface area (Å²) in [4.78, 5) is 1.42. The number of nitrogens with two attached hydrogens (primary N) is 1. The number of hydrogen-bond donors (Lipinski definition) is 1. The molecule has 1 atom stereocenters. The van der Waals surface area contributed by atoms with E-state index in [2.05, 4.69) is 49.0 Å². The Hall–Kier alpha value is -0.730. The molecule has 21 heavy (non-hydrogen) atoms. The minimum Gasteiger partial charge on any atom is -0.324 e. The maximum Gasteiger partial charge on any atom is 0.0272 e. The zero-order chi connectivity index (χ0) is 14.7. The van der Waals surface area contributed by atoms with Gasteiger partial charge in [0, 0.05) is 16.2 Å². The van der Waals surface area contributed by atoms with Gasteiger partial charge in [-0.2, -0.15) is 0 Å². The van der Waals surface area contributed by atoms with Gasteiger partial charge in [0.15, 0.2) is 0 Å². The van der Waals surface area contributed by atoms with Crippen LogP contribution in [-0.4, -0.2) is 5.25 Å². The molecule has 0 aromatic heterocycles. The van der Waals surface area contributed by atoms with Gasteiger partial charge in [-0.25, -0.2) is 0 Å². The maximum absolute atomic E-state index is 6.13. The fourth-order valence-electron chi connectivity index (χ4n) is 3.09. The van der Waals surface area contributed by atoms with Crippen LogP contribution in [0.5, 0.6) is 0 Å². The van der Waals surface area contributed by atoms with Crippen LogP contribution in [0.15, 0.2) is 29.2 Å². The third-order valence-corrected chi connectivity index (χ3v) is 5.90. The Morgan fingerprint density at radius 2 is 1.90 bits per heavy atom. The van der Waals surface area contributed by atoms with Crippen molar-refractivity contribution >= 4 is 17.8 Å². The van der Waals surface area contributed by atoms with Crippen molar-refractivity contribution in [3.63, 3.8) is 0 Å². The van der Waals surface area contributed by atoms with Crippen molar-refractivity contribution in [2.45, 2.75) is 68.1 Å². The third-order valence-electron chi connectivity index (χ3n) is 4.57. The van der Waals surface area contributed by atoms with Crippen molar-refractivity contribution < 1.29 is 0 Å². The van der Waals surface area contributed by atoms with Crippen LogP contribution in [0, 0.1) is 5.92 Å². The fourth-order valence-corrected chi connectivity index (χ4v) is 4.38. The van der Waals surface area contributed by atoms with E-state index in [0.29, 0.717) is 0 Å². The van der Waals surface area contributed by atoms with Gasteiger partial charge < -0.3 is 5.73 Å². The van der Waals surface area contributed by atoms with E-state index in [-0.39, 0.29) is 6.04 Å². The second-order valence-corrected chi connectivity index (χ2v) is 8.03. The van der Waals surface area contributed by atoms with Crippen molar-refractivity contribution in [2.75, 3.05) is 0 Å². The molecular formula is C19H27NS. The van der Waals surface area contributed by atoms with Crippen LogP contribution < -0.4 is 5.73 Å². The normalized spacial score (nSPS) is 21.8. The summed E-state index contributed by atoms with van der Waals surface area (Å²) >= 11 is 2.07. The zero-order valence-corrected chi connectivity index (χ0v) is 13.9. The third kappa shape index (κ3) is 4.37. The van der Waals surface area contributed by atoms with Crippen LogP contribution in [0.25, 0.3) is 6.08 Å². The number of benzene rings is 1. The second-order valence-electron chi connectivity index (χ2n) is 6.65. The summed E-state index contributed by atoms with van der Waals surface area (Å²) in [5.74, 6) is 0.820. The Morgan fingerprint density at radius 1 is 1.14 bits per heavy atom. The molecule has 2 fully saturated rings. The number of thioether (sulfide) groups is 1.